The summed E-state index contributed by atoms with van der Waals surface area (Å²) in [5.74, 6) is 1.37. The SMILES string of the molecule is Cc1c(Cl)cccc1Nc1nc(N)nc(CN2CCCCC2C)n1. The third-order valence-electron chi connectivity index (χ3n) is 4.50. The van der Waals surface area contributed by atoms with Gasteiger partial charge in [-0.05, 0) is 50.9 Å². The number of rotatable bonds is 4. The number of benzene rings is 1. The first-order chi connectivity index (χ1) is 11.5. The Hall–Kier alpha value is -1.92. The zero-order valence-electron chi connectivity index (χ0n) is 14.1. The van der Waals surface area contributed by atoms with Crippen molar-refractivity contribution < 1.29 is 0 Å². The Morgan fingerprint density at radius 1 is 1.29 bits per heavy atom. The van der Waals surface area contributed by atoms with E-state index in [1.54, 1.807) is 0 Å². The Balaban J connectivity index is 1.79. The summed E-state index contributed by atoms with van der Waals surface area (Å²) in [6.07, 6.45) is 3.73. The number of halogens is 1. The molecule has 128 valence electrons. The van der Waals surface area contributed by atoms with Crippen LogP contribution in [-0.4, -0.2) is 32.4 Å². The van der Waals surface area contributed by atoms with Crippen LogP contribution < -0.4 is 11.1 Å². The second kappa shape index (κ2) is 7.32. The first-order valence-electron chi connectivity index (χ1n) is 8.29. The molecule has 1 fully saturated rings. The molecule has 0 amide bonds. The zero-order valence-corrected chi connectivity index (χ0v) is 14.8. The second-order valence-corrected chi connectivity index (χ2v) is 6.69. The van der Waals surface area contributed by atoms with Gasteiger partial charge in [0.15, 0.2) is 0 Å². The number of nitrogens with two attached hydrogens (primary N) is 1. The zero-order chi connectivity index (χ0) is 17.1. The van der Waals surface area contributed by atoms with Gasteiger partial charge in [-0.25, -0.2) is 0 Å². The fourth-order valence-electron chi connectivity index (χ4n) is 3.00. The molecule has 3 N–H and O–H groups in total. The van der Waals surface area contributed by atoms with Crippen LogP contribution in [0.15, 0.2) is 18.2 Å². The van der Waals surface area contributed by atoms with Gasteiger partial charge in [0.05, 0.1) is 6.54 Å². The molecule has 1 aromatic carbocycles. The van der Waals surface area contributed by atoms with Crippen LogP contribution in [0.2, 0.25) is 5.02 Å². The highest BCUT2D eigenvalue weighted by Crippen LogP contribution is 2.25. The molecule has 1 aromatic heterocycles. The van der Waals surface area contributed by atoms with E-state index < -0.39 is 0 Å². The van der Waals surface area contributed by atoms with Crippen molar-refractivity contribution >= 4 is 29.2 Å². The summed E-state index contributed by atoms with van der Waals surface area (Å²) in [6, 6.07) is 6.22. The van der Waals surface area contributed by atoms with Crippen molar-refractivity contribution in [3.63, 3.8) is 0 Å². The number of nitrogens with one attached hydrogen (secondary N) is 1. The van der Waals surface area contributed by atoms with Gasteiger partial charge in [0.1, 0.15) is 5.82 Å². The summed E-state index contributed by atoms with van der Waals surface area (Å²) >= 11 is 6.16. The molecule has 6 nitrogen and oxygen atoms in total. The monoisotopic (exact) mass is 346 g/mol. The van der Waals surface area contributed by atoms with Crippen molar-refractivity contribution in [1.29, 1.82) is 0 Å². The number of piperidine rings is 1. The summed E-state index contributed by atoms with van der Waals surface area (Å²) < 4.78 is 0. The van der Waals surface area contributed by atoms with E-state index in [9.17, 15) is 0 Å². The van der Waals surface area contributed by atoms with Crippen molar-refractivity contribution in [2.75, 3.05) is 17.6 Å². The fraction of sp³-hybridized carbons (Fsp3) is 0.471. The molecule has 0 spiro atoms. The third-order valence-corrected chi connectivity index (χ3v) is 4.91. The van der Waals surface area contributed by atoms with E-state index in [2.05, 4.69) is 32.1 Å². The van der Waals surface area contributed by atoms with Gasteiger partial charge in [0.2, 0.25) is 11.9 Å². The lowest BCUT2D eigenvalue weighted by atomic mass is 10.0. The third kappa shape index (κ3) is 3.94. The molecule has 2 aromatic rings. The molecular weight excluding hydrogens is 324 g/mol. The highest BCUT2D eigenvalue weighted by molar-refractivity contribution is 6.31. The number of aromatic nitrogens is 3. The molecule has 0 bridgehead atoms. The van der Waals surface area contributed by atoms with E-state index in [4.69, 9.17) is 17.3 Å². The van der Waals surface area contributed by atoms with Gasteiger partial charge >= 0.3 is 0 Å². The van der Waals surface area contributed by atoms with Crippen LogP contribution in [0.5, 0.6) is 0 Å². The normalized spacial score (nSPS) is 18.5. The molecular formula is C17H23ClN6. The average molecular weight is 347 g/mol. The number of likely N-dealkylation sites (tertiary alicyclic amines) is 1. The molecule has 24 heavy (non-hydrogen) atoms. The van der Waals surface area contributed by atoms with Crippen LogP contribution in [-0.2, 0) is 6.54 Å². The smallest absolute Gasteiger partial charge is 0.232 e. The Morgan fingerprint density at radius 2 is 2.12 bits per heavy atom. The summed E-state index contributed by atoms with van der Waals surface area (Å²) in [7, 11) is 0. The highest BCUT2D eigenvalue weighted by Gasteiger charge is 2.20. The molecule has 1 aliphatic rings. The first-order valence-corrected chi connectivity index (χ1v) is 8.67. The Kier molecular flexibility index (Phi) is 5.16. The molecule has 2 heterocycles. The van der Waals surface area contributed by atoms with Gasteiger partial charge in [-0.1, -0.05) is 24.1 Å². The number of hydrogen-bond donors (Lipinski definition) is 2. The van der Waals surface area contributed by atoms with Gasteiger partial charge < -0.3 is 11.1 Å². The predicted molar refractivity (Wildman–Crippen MR) is 97.4 cm³/mol. The van der Waals surface area contributed by atoms with E-state index >= 15 is 0 Å². The van der Waals surface area contributed by atoms with Crippen LogP contribution in [0.1, 0.15) is 37.6 Å². The minimum absolute atomic E-state index is 0.229. The molecule has 3 rings (SSSR count). The molecule has 7 heteroatoms. The van der Waals surface area contributed by atoms with Crippen molar-refractivity contribution in [3.05, 3.63) is 34.6 Å². The summed E-state index contributed by atoms with van der Waals surface area (Å²) in [5, 5.41) is 3.90. The van der Waals surface area contributed by atoms with Crippen LogP contribution in [0.4, 0.5) is 17.6 Å². The van der Waals surface area contributed by atoms with Crippen molar-refractivity contribution in [3.8, 4) is 0 Å². The average Bonchev–Trinajstić information content (AvgIpc) is 2.54. The van der Waals surface area contributed by atoms with Crippen LogP contribution in [0.25, 0.3) is 0 Å². The minimum Gasteiger partial charge on any atom is -0.368 e. The quantitative estimate of drug-likeness (QED) is 0.881. The molecule has 1 atom stereocenters. The molecule has 0 aliphatic carbocycles. The first kappa shape index (κ1) is 16.9. The Morgan fingerprint density at radius 3 is 2.92 bits per heavy atom. The fourth-order valence-corrected chi connectivity index (χ4v) is 3.18. The van der Waals surface area contributed by atoms with Crippen molar-refractivity contribution in [1.82, 2.24) is 19.9 Å². The number of anilines is 3. The lowest BCUT2D eigenvalue weighted by Gasteiger charge is -2.32. The second-order valence-electron chi connectivity index (χ2n) is 6.29. The highest BCUT2D eigenvalue weighted by atomic mass is 35.5. The number of nitrogens with zero attached hydrogens (tertiary/aromatic N) is 4. The van der Waals surface area contributed by atoms with Gasteiger partial charge in [-0.3, -0.25) is 4.90 Å². The predicted octanol–water partition coefficient (Wildman–Crippen LogP) is 3.53. The van der Waals surface area contributed by atoms with Gasteiger partial charge in [-0.2, -0.15) is 15.0 Å². The van der Waals surface area contributed by atoms with Crippen LogP contribution in [0.3, 0.4) is 0 Å². The van der Waals surface area contributed by atoms with Crippen LogP contribution >= 0.6 is 11.6 Å². The van der Waals surface area contributed by atoms with E-state index in [1.807, 2.05) is 25.1 Å². The lowest BCUT2D eigenvalue weighted by molar-refractivity contribution is 0.149. The maximum Gasteiger partial charge on any atom is 0.232 e. The molecule has 0 radical (unpaired) electrons. The Labute approximate surface area is 147 Å². The Bertz CT molecular complexity index is 720. The van der Waals surface area contributed by atoms with Crippen LogP contribution in [0, 0.1) is 6.92 Å². The van der Waals surface area contributed by atoms with Gasteiger partial charge in [0.25, 0.3) is 0 Å². The summed E-state index contributed by atoms with van der Waals surface area (Å²) in [6.45, 7) is 5.96. The minimum atomic E-state index is 0.229. The lowest BCUT2D eigenvalue weighted by Crippen LogP contribution is -2.37. The van der Waals surface area contributed by atoms with Crippen molar-refractivity contribution in [2.45, 2.75) is 45.7 Å². The maximum absolute atomic E-state index is 6.16. The number of hydrogen-bond acceptors (Lipinski definition) is 6. The molecule has 1 aliphatic heterocycles. The van der Waals surface area contributed by atoms with E-state index in [0.717, 1.165) is 17.8 Å². The largest absolute Gasteiger partial charge is 0.368 e. The number of nitrogen functional groups attached to an aromatic ring is 1. The van der Waals surface area contributed by atoms with E-state index in [0.29, 0.717) is 29.4 Å². The standard InChI is InChI=1S/C17H23ClN6/c1-11-6-3-4-9-24(11)10-15-21-16(19)23-17(22-15)20-14-8-5-7-13(18)12(14)2/h5,7-8,11H,3-4,6,9-10H2,1-2H3,(H3,19,20,21,22,23). The summed E-state index contributed by atoms with van der Waals surface area (Å²) in [5.41, 5.74) is 7.69. The van der Waals surface area contributed by atoms with E-state index in [-0.39, 0.29) is 5.95 Å². The van der Waals surface area contributed by atoms with Crippen molar-refractivity contribution in [2.24, 2.45) is 0 Å². The van der Waals surface area contributed by atoms with E-state index in [1.165, 1.54) is 19.3 Å². The maximum atomic E-state index is 6.16. The van der Waals surface area contributed by atoms with Gasteiger partial charge in [-0.15, -0.1) is 0 Å². The topological polar surface area (TPSA) is 80.0 Å². The molecule has 0 saturated carbocycles. The summed E-state index contributed by atoms with van der Waals surface area (Å²) in [4.78, 5) is 15.4. The molecule has 1 unspecified atom stereocenters. The van der Waals surface area contributed by atoms with Gasteiger partial charge in [0, 0.05) is 16.8 Å². The molecule has 1 saturated heterocycles.